The molecule has 0 saturated carbocycles. The first-order valence-corrected chi connectivity index (χ1v) is 12.2. The van der Waals surface area contributed by atoms with Gasteiger partial charge in [-0.15, -0.1) is 0 Å². The number of benzene rings is 3. The van der Waals surface area contributed by atoms with Gasteiger partial charge in [0.1, 0.15) is 11.3 Å². The van der Waals surface area contributed by atoms with E-state index in [1.165, 1.54) is 11.0 Å². The van der Waals surface area contributed by atoms with E-state index >= 15 is 0 Å². The zero-order valence-corrected chi connectivity index (χ0v) is 21.9. The highest BCUT2D eigenvalue weighted by Crippen LogP contribution is 2.28. The Labute approximate surface area is 222 Å². The van der Waals surface area contributed by atoms with E-state index in [0.717, 1.165) is 11.1 Å². The summed E-state index contributed by atoms with van der Waals surface area (Å²) in [6.45, 7) is 3.64. The van der Waals surface area contributed by atoms with Gasteiger partial charge in [0.05, 0.1) is 5.69 Å². The minimum Gasteiger partial charge on any atom is -0.483 e. The van der Waals surface area contributed by atoms with Crippen molar-refractivity contribution in [2.24, 2.45) is 0 Å². The van der Waals surface area contributed by atoms with Gasteiger partial charge in [-0.05, 0) is 74.1 Å². The van der Waals surface area contributed by atoms with Crippen molar-refractivity contribution in [3.63, 3.8) is 0 Å². The average Bonchev–Trinajstić information content (AvgIpc) is 2.83. The van der Waals surface area contributed by atoms with E-state index in [0.29, 0.717) is 27.2 Å². The van der Waals surface area contributed by atoms with Gasteiger partial charge in [0.15, 0.2) is 11.7 Å². The lowest BCUT2D eigenvalue weighted by Gasteiger charge is -2.29. The van der Waals surface area contributed by atoms with Crippen molar-refractivity contribution in [2.45, 2.75) is 13.8 Å². The number of ether oxygens (including phenoxy) is 1. The minimum absolute atomic E-state index is 0.00198. The highest BCUT2D eigenvalue weighted by atomic mass is 79.9. The number of amides is 3. The maximum absolute atomic E-state index is 13.3. The van der Waals surface area contributed by atoms with Crippen molar-refractivity contribution in [1.29, 1.82) is 0 Å². The molecule has 0 radical (unpaired) electrons. The monoisotopic (exact) mass is 563 g/mol. The van der Waals surface area contributed by atoms with Crippen LogP contribution < -0.4 is 20.3 Å². The van der Waals surface area contributed by atoms with Crippen LogP contribution >= 0.6 is 28.1 Å². The summed E-state index contributed by atoms with van der Waals surface area (Å²) in [5.41, 5.74) is 3.61. The third kappa shape index (κ3) is 5.69. The topological polar surface area (TPSA) is 87.7 Å². The van der Waals surface area contributed by atoms with E-state index in [2.05, 4.69) is 26.6 Å². The second-order valence-corrected chi connectivity index (χ2v) is 9.43. The van der Waals surface area contributed by atoms with Crippen LogP contribution in [0.2, 0.25) is 0 Å². The van der Waals surface area contributed by atoms with Crippen LogP contribution in [0, 0.1) is 13.8 Å². The SMILES string of the molecule is Cc1ccc(NC(=O)COc2ccc(Br)cc2/C=C2/C(=O)NC(=S)N(c3ccccc3)C2=O)c(C)c1. The smallest absolute Gasteiger partial charge is 0.270 e. The van der Waals surface area contributed by atoms with Gasteiger partial charge in [-0.1, -0.05) is 51.8 Å². The van der Waals surface area contributed by atoms with Crippen LogP contribution in [-0.4, -0.2) is 29.4 Å². The molecule has 1 aliphatic rings. The molecule has 2 N–H and O–H groups in total. The zero-order valence-electron chi connectivity index (χ0n) is 19.5. The van der Waals surface area contributed by atoms with Crippen LogP contribution in [0.25, 0.3) is 6.08 Å². The van der Waals surface area contributed by atoms with E-state index in [4.69, 9.17) is 17.0 Å². The molecule has 3 aromatic rings. The Morgan fingerprint density at radius 1 is 1.08 bits per heavy atom. The van der Waals surface area contributed by atoms with Gasteiger partial charge in [-0.2, -0.15) is 0 Å². The molecule has 1 aliphatic heterocycles. The second-order valence-electron chi connectivity index (χ2n) is 8.13. The van der Waals surface area contributed by atoms with Crippen molar-refractivity contribution in [3.8, 4) is 5.75 Å². The van der Waals surface area contributed by atoms with Crippen LogP contribution in [-0.2, 0) is 14.4 Å². The number of anilines is 2. The van der Waals surface area contributed by atoms with Crippen LogP contribution in [0.1, 0.15) is 16.7 Å². The molecular weight excluding hydrogens is 542 g/mol. The molecule has 0 aromatic heterocycles. The molecule has 3 aromatic carbocycles. The van der Waals surface area contributed by atoms with Crippen molar-refractivity contribution < 1.29 is 19.1 Å². The minimum atomic E-state index is -0.615. The lowest BCUT2D eigenvalue weighted by atomic mass is 10.1. The summed E-state index contributed by atoms with van der Waals surface area (Å²) in [6.07, 6.45) is 1.43. The van der Waals surface area contributed by atoms with E-state index in [1.54, 1.807) is 42.5 Å². The zero-order chi connectivity index (χ0) is 25.8. The number of carbonyl (C=O) groups is 3. The van der Waals surface area contributed by atoms with Gasteiger partial charge in [-0.3, -0.25) is 24.6 Å². The van der Waals surface area contributed by atoms with Crippen LogP contribution in [0.5, 0.6) is 5.75 Å². The highest BCUT2D eigenvalue weighted by Gasteiger charge is 2.34. The Morgan fingerprint density at radius 3 is 2.56 bits per heavy atom. The number of hydrogen-bond acceptors (Lipinski definition) is 5. The molecular formula is C27H22BrN3O4S. The number of rotatable bonds is 6. The number of hydrogen-bond donors (Lipinski definition) is 2. The molecule has 0 atom stereocenters. The number of para-hydroxylation sites is 1. The molecule has 1 fully saturated rings. The maximum Gasteiger partial charge on any atom is 0.270 e. The highest BCUT2D eigenvalue weighted by molar-refractivity contribution is 9.10. The predicted molar refractivity (Wildman–Crippen MR) is 147 cm³/mol. The Morgan fingerprint density at radius 2 is 1.83 bits per heavy atom. The number of carbonyl (C=O) groups excluding carboxylic acids is 3. The van der Waals surface area contributed by atoms with Crippen LogP contribution in [0.4, 0.5) is 11.4 Å². The molecule has 0 unspecified atom stereocenters. The van der Waals surface area contributed by atoms with Gasteiger partial charge in [0.2, 0.25) is 0 Å². The molecule has 3 amide bonds. The Balaban J connectivity index is 1.57. The maximum atomic E-state index is 13.3. The van der Waals surface area contributed by atoms with Gasteiger partial charge in [-0.25, -0.2) is 0 Å². The van der Waals surface area contributed by atoms with Gasteiger partial charge >= 0.3 is 0 Å². The number of nitrogens with zero attached hydrogens (tertiary/aromatic N) is 1. The number of halogens is 1. The van der Waals surface area contributed by atoms with E-state index < -0.39 is 11.8 Å². The fraction of sp³-hybridized carbons (Fsp3) is 0.111. The van der Waals surface area contributed by atoms with Crippen molar-refractivity contribution >= 4 is 68.4 Å². The number of aryl methyl sites for hydroxylation is 2. The van der Waals surface area contributed by atoms with Crippen molar-refractivity contribution in [3.05, 3.63) is 93.5 Å². The first-order chi connectivity index (χ1) is 17.2. The Kier molecular flexibility index (Phi) is 7.61. The van der Waals surface area contributed by atoms with Gasteiger partial charge in [0, 0.05) is 15.7 Å². The molecule has 9 heteroatoms. The van der Waals surface area contributed by atoms with E-state index in [1.807, 2.05) is 38.1 Å². The van der Waals surface area contributed by atoms with Gasteiger partial charge < -0.3 is 10.1 Å². The largest absolute Gasteiger partial charge is 0.483 e. The molecule has 4 rings (SSSR count). The molecule has 182 valence electrons. The molecule has 1 heterocycles. The van der Waals surface area contributed by atoms with Crippen LogP contribution in [0.15, 0.2) is 76.8 Å². The fourth-order valence-electron chi connectivity index (χ4n) is 3.67. The summed E-state index contributed by atoms with van der Waals surface area (Å²) < 4.78 is 6.48. The predicted octanol–water partition coefficient (Wildman–Crippen LogP) is 4.91. The molecule has 1 saturated heterocycles. The van der Waals surface area contributed by atoms with Crippen LogP contribution in [0.3, 0.4) is 0 Å². The van der Waals surface area contributed by atoms with Crippen molar-refractivity contribution in [2.75, 3.05) is 16.8 Å². The third-order valence-electron chi connectivity index (χ3n) is 5.40. The molecule has 0 aliphatic carbocycles. The molecule has 36 heavy (non-hydrogen) atoms. The Hall–Kier alpha value is -3.82. The summed E-state index contributed by atoms with van der Waals surface area (Å²) in [7, 11) is 0. The van der Waals surface area contributed by atoms with Crippen molar-refractivity contribution in [1.82, 2.24) is 5.32 Å². The normalized spacial score (nSPS) is 14.6. The summed E-state index contributed by atoms with van der Waals surface area (Å²) in [5.74, 6) is -1.18. The van der Waals surface area contributed by atoms with E-state index in [-0.39, 0.29) is 23.2 Å². The summed E-state index contributed by atoms with van der Waals surface area (Å²) >= 11 is 8.64. The summed E-state index contributed by atoms with van der Waals surface area (Å²) in [5, 5.41) is 5.40. The number of thiocarbonyl (C=S) groups is 1. The quantitative estimate of drug-likeness (QED) is 0.252. The molecule has 7 nitrogen and oxygen atoms in total. The van der Waals surface area contributed by atoms with E-state index in [9.17, 15) is 14.4 Å². The standard InChI is InChI=1S/C27H22BrN3O4S/c1-16-8-10-22(17(2)12-16)29-24(32)15-35-23-11-9-19(28)13-18(23)14-21-25(33)30-27(36)31(26(21)34)20-6-4-3-5-7-20/h3-14H,15H2,1-2H3,(H,29,32)(H,30,33,36)/b21-14-. The lowest BCUT2D eigenvalue weighted by Crippen LogP contribution is -2.54. The first-order valence-electron chi connectivity index (χ1n) is 11.0. The average molecular weight is 564 g/mol. The number of nitrogens with one attached hydrogen (secondary N) is 2. The first kappa shape index (κ1) is 25.3. The molecule has 0 bridgehead atoms. The lowest BCUT2D eigenvalue weighted by molar-refractivity contribution is -0.122. The second kappa shape index (κ2) is 10.8. The van der Waals surface area contributed by atoms with Gasteiger partial charge in [0.25, 0.3) is 17.7 Å². The molecule has 0 spiro atoms. The summed E-state index contributed by atoms with van der Waals surface area (Å²) in [4.78, 5) is 39.7. The summed E-state index contributed by atoms with van der Waals surface area (Å²) in [6, 6.07) is 19.6. The third-order valence-corrected chi connectivity index (χ3v) is 6.18. The fourth-order valence-corrected chi connectivity index (χ4v) is 4.33. The Bertz CT molecular complexity index is 1410.